The maximum absolute atomic E-state index is 13.5. The van der Waals surface area contributed by atoms with E-state index in [4.69, 9.17) is 11.6 Å². The zero-order chi connectivity index (χ0) is 20.5. The van der Waals surface area contributed by atoms with E-state index in [0.717, 1.165) is 23.4 Å². The third-order valence-electron chi connectivity index (χ3n) is 5.58. The van der Waals surface area contributed by atoms with E-state index < -0.39 is 0 Å². The summed E-state index contributed by atoms with van der Waals surface area (Å²) in [4.78, 5) is 15.4. The van der Waals surface area contributed by atoms with Crippen LogP contribution >= 0.6 is 11.6 Å². The van der Waals surface area contributed by atoms with Crippen LogP contribution in [0, 0.1) is 0 Å². The lowest BCUT2D eigenvalue weighted by Crippen LogP contribution is -2.42. The fourth-order valence-electron chi connectivity index (χ4n) is 4.12. The highest BCUT2D eigenvalue weighted by Gasteiger charge is 2.33. The standard InChI is InChI=1S/C24H21ClN4O/c25-21-10-5-4-9-19(21)16-28-17-20(15-26-28)24(30)29-14-13-27-12-6-11-22(27)23(29)18-7-2-1-3-8-18/h1-12,15,17,23H,13-14,16H2. The molecule has 4 aromatic rings. The summed E-state index contributed by atoms with van der Waals surface area (Å²) < 4.78 is 3.99. The van der Waals surface area contributed by atoms with E-state index in [1.165, 1.54) is 0 Å². The Labute approximate surface area is 180 Å². The van der Waals surface area contributed by atoms with Gasteiger partial charge in [0.1, 0.15) is 0 Å². The van der Waals surface area contributed by atoms with Crippen molar-refractivity contribution in [3.8, 4) is 0 Å². The largest absolute Gasteiger partial charge is 0.348 e. The number of nitrogens with zero attached hydrogens (tertiary/aromatic N) is 4. The highest BCUT2D eigenvalue weighted by Crippen LogP contribution is 2.33. The highest BCUT2D eigenvalue weighted by atomic mass is 35.5. The molecule has 5 nitrogen and oxygen atoms in total. The molecule has 1 aliphatic rings. The van der Waals surface area contributed by atoms with Gasteiger partial charge in [0.2, 0.25) is 0 Å². The monoisotopic (exact) mass is 416 g/mol. The van der Waals surface area contributed by atoms with Gasteiger partial charge in [-0.3, -0.25) is 9.48 Å². The number of aromatic nitrogens is 3. The molecule has 1 aliphatic heterocycles. The van der Waals surface area contributed by atoms with Crippen LogP contribution in [0.5, 0.6) is 0 Å². The molecule has 0 radical (unpaired) electrons. The lowest BCUT2D eigenvalue weighted by atomic mass is 9.99. The molecular weight excluding hydrogens is 396 g/mol. The molecule has 0 fully saturated rings. The van der Waals surface area contributed by atoms with Gasteiger partial charge in [-0.2, -0.15) is 5.10 Å². The second kappa shape index (κ2) is 7.84. The molecule has 1 atom stereocenters. The van der Waals surface area contributed by atoms with Gasteiger partial charge in [0.25, 0.3) is 5.91 Å². The van der Waals surface area contributed by atoms with Crippen molar-refractivity contribution in [1.29, 1.82) is 0 Å². The van der Waals surface area contributed by atoms with Gasteiger partial charge in [-0.25, -0.2) is 0 Å². The van der Waals surface area contributed by atoms with Crippen LogP contribution in [0.3, 0.4) is 0 Å². The van der Waals surface area contributed by atoms with E-state index in [2.05, 4.69) is 34.1 Å². The van der Waals surface area contributed by atoms with Crippen LogP contribution in [-0.4, -0.2) is 31.7 Å². The number of halogens is 1. The summed E-state index contributed by atoms with van der Waals surface area (Å²) in [5.74, 6) is -0.0123. The number of carbonyl (C=O) groups excluding carboxylic acids is 1. The Hall–Kier alpha value is -3.31. The number of hydrogen-bond acceptors (Lipinski definition) is 2. The van der Waals surface area contributed by atoms with Crippen LogP contribution in [0.4, 0.5) is 0 Å². The molecule has 0 bridgehead atoms. The van der Waals surface area contributed by atoms with Gasteiger partial charge in [-0.05, 0) is 29.3 Å². The Morgan fingerprint density at radius 3 is 2.63 bits per heavy atom. The number of carbonyl (C=O) groups is 1. The summed E-state index contributed by atoms with van der Waals surface area (Å²) in [7, 11) is 0. The SMILES string of the molecule is O=C(c1cnn(Cc2ccccc2Cl)c1)N1CCn2cccc2C1c1ccccc1. The Kier molecular flexibility index (Phi) is 4.89. The summed E-state index contributed by atoms with van der Waals surface area (Å²) in [6, 6.07) is 21.9. The quantitative estimate of drug-likeness (QED) is 0.486. The van der Waals surface area contributed by atoms with Gasteiger partial charge in [-0.15, -0.1) is 0 Å². The minimum absolute atomic E-state index is 0.0123. The van der Waals surface area contributed by atoms with E-state index in [-0.39, 0.29) is 11.9 Å². The van der Waals surface area contributed by atoms with E-state index >= 15 is 0 Å². The van der Waals surface area contributed by atoms with Crippen molar-refractivity contribution >= 4 is 17.5 Å². The number of amides is 1. The normalized spacial score (nSPS) is 15.8. The summed E-state index contributed by atoms with van der Waals surface area (Å²) in [5, 5.41) is 5.10. The van der Waals surface area contributed by atoms with Gasteiger partial charge in [0.05, 0.1) is 24.3 Å². The fraction of sp³-hybridized carbons (Fsp3) is 0.167. The zero-order valence-corrected chi connectivity index (χ0v) is 17.1. The van der Waals surface area contributed by atoms with Crippen LogP contribution in [0.25, 0.3) is 0 Å². The van der Waals surface area contributed by atoms with Crippen LogP contribution in [0.2, 0.25) is 5.02 Å². The van der Waals surface area contributed by atoms with Crippen molar-refractivity contribution in [1.82, 2.24) is 19.2 Å². The molecule has 3 heterocycles. The Bertz CT molecular complexity index is 1180. The van der Waals surface area contributed by atoms with Crippen molar-refractivity contribution in [3.63, 3.8) is 0 Å². The summed E-state index contributed by atoms with van der Waals surface area (Å²) in [6.07, 6.45) is 5.53. The van der Waals surface area contributed by atoms with Crippen LogP contribution in [-0.2, 0) is 13.1 Å². The molecule has 0 spiro atoms. The van der Waals surface area contributed by atoms with Crippen LogP contribution < -0.4 is 0 Å². The van der Waals surface area contributed by atoms with Gasteiger partial charge in [0.15, 0.2) is 0 Å². The highest BCUT2D eigenvalue weighted by molar-refractivity contribution is 6.31. The smallest absolute Gasteiger partial charge is 0.257 e. The first-order valence-corrected chi connectivity index (χ1v) is 10.4. The number of fused-ring (bicyclic) bond motifs is 1. The van der Waals surface area contributed by atoms with E-state index in [9.17, 15) is 4.79 Å². The number of benzene rings is 2. The van der Waals surface area contributed by atoms with Crippen molar-refractivity contribution in [3.05, 3.63) is 113 Å². The Morgan fingerprint density at radius 1 is 1.00 bits per heavy atom. The van der Waals surface area contributed by atoms with Crippen molar-refractivity contribution in [2.24, 2.45) is 0 Å². The van der Waals surface area contributed by atoms with Crippen molar-refractivity contribution in [2.45, 2.75) is 19.1 Å². The van der Waals surface area contributed by atoms with E-state index in [0.29, 0.717) is 23.7 Å². The fourth-order valence-corrected chi connectivity index (χ4v) is 4.31. The maximum Gasteiger partial charge on any atom is 0.257 e. The average Bonchev–Trinajstić information content (AvgIpc) is 3.44. The first-order chi connectivity index (χ1) is 14.7. The Balaban J connectivity index is 1.44. The molecule has 150 valence electrons. The van der Waals surface area contributed by atoms with Crippen molar-refractivity contribution < 1.29 is 4.79 Å². The maximum atomic E-state index is 13.5. The first kappa shape index (κ1) is 18.7. The molecule has 1 unspecified atom stereocenters. The Morgan fingerprint density at radius 2 is 1.80 bits per heavy atom. The zero-order valence-electron chi connectivity index (χ0n) is 16.4. The molecule has 30 heavy (non-hydrogen) atoms. The lowest BCUT2D eigenvalue weighted by molar-refractivity contribution is 0.0664. The number of rotatable bonds is 4. The van der Waals surface area contributed by atoms with Crippen LogP contribution in [0.1, 0.15) is 33.2 Å². The molecular formula is C24H21ClN4O. The number of hydrogen-bond donors (Lipinski definition) is 0. The topological polar surface area (TPSA) is 43.1 Å². The molecule has 1 amide bonds. The third-order valence-corrected chi connectivity index (χ3v) is 5.95. The minimum Gasteiger partial charge on any atom is -0.348 e. The summed E-state index contributed by atoms with van der Waals surface area (Å²) >= 11 is 6.27. The second-order valence-electron chi connectivity index (χ2n) is 7.46. The van der Waals surface area contributed by atoms with E-state index in [1.807, 2.05) is 53.4 Å². The lowest BCUT2D eigenvalue weighted by Gasteiger charge is -2.37. The molecule has 0 saturated heterocycles. The first-order valence-electron chi connectivity index (χ1n) is 9.97. The molecule has 0 saturated carbocycles. The molecule has 0 N–H and O–H groups in total. The molecule has 5 rings (SSSR count). The van der Waals surface area contributed by atoms with Gasteiger partial charge in [0, 0.05) is 36.2 Å². The van der Waals surface area contributed by atoms with E-state index in [1.54, 1.807) is 17.1 Å². The second-order valence-corrected chi connectivity index (χ2v) is 7.86. The molecule has 2 aromatic carbocycles. The van der Waals surface area contributed by atoms with Gasteiger partial charge >= 0.3 is 0 Å². The molecule has 2 aromatic heterocycles. The van der Waals surface area contributed by atoms with Crippen molar-refractivity contribution in [2.75, 3.05) is 6.54 Å². The predicted octanol–water partition coefficient (Wildman–Crippen LogP) is 4.63. The van der Waals surface area contributed by atoms with Gasteiger partial charge in [-0.1, -0.05) is 60.1 Å². The van der Waals surface area contributed by atoms with Gasteiger partial charge < -0.3 is 9.47 Å². The molecule has 6 heteroatoms. The third kappa shape index (κ3) is 3.42. The van der Waals surface area contributed by atoms with Crippen LogP contribution in [0.15, 0.2) is 85.3 Å². The average molecular weight is 417 g/mol. The summed E-state index contributed by atoms with van der Waals surface area (Å²) in [6.45, 7) is 1.96. The predicted molar refractivity (Wildman–Crippen MR) is 117 cm³/mol. The minimum atomic E-state index is -0.116. The summed E-state index contributed by atoms with van der Waals surface area (Å²) in [5.41, 5.74) is 3.79. The molecule has 0 aliphatic carbocycles.